The van der Waals surface area contributed by atoms with Crippen LogP contribution in [0.25, 0.3) is 10.8 Å². The molecule has 0 bridgehead atoms. The third-order valence-electron chi connectivity index (χ3n) is 3.87. The van der Waals surface area contributed by atoms with Crippen molar-refractivity contribution >= 4 is 22.4 Å². The molecule has 0 aliphatic carbocycles. The van der Waals surface area contributed by atoms with Crippen LogP contribution < -0.4 is 14.8 Å². The molecule has 3 aromatic rings. The summed E-state index contributed by atoms with van der Waals surface area (Å²) in [5.41, 5.74) is 0.641. The lowest BCUT2D eigenvalue weighted by atomic mass is 10.1. The smallest absolute Gasteiger partial charge is 0.265 e. The number of rotatable bonds is 6. The van der Waals surface area contributed by atoms with E-state index in [0.29, 0.717) is 23.8 Å². The third kappa shape index (κ3) is 3.91. The van der Waals surface area contributed by atoms with Crippen molar-refractivity contribution in [1.82, 2.24) is 0 Å². The van der Waals surface area contributed by atoms with E-state index in [2.05, 4.69) is 5.32 Å². The Hall–Kier alpha value is -3.01. The quantitative estimate of drug-likeness (QED) is 0.713. The summed E-state index contributed by atoms with van der Waals surface area (Å²) in [7, 11) is 0. The van der Waals surface area contributed by atoms with E-state index >= 15 is 0 Å². The molecule has 0 saturated heterocycles. The molecular weight excluding hydrogens is 314 g/mol. The molecule has 0 spiro atoms. The van der Waals surface area contributed by atoms with Crippen molar-refractivity contribution in [3.05, 3.63) is 66.7 Å². The normalized spacial score (nSPS) is 11.8. The summed E-state index contributed by atoms with van der Waals surface area (Å²) >= 11 is 0. The van der Waals surface area contributed by atoms with E-state index in [4.69, 9.17) is 9.47 Å². The number of hydrogen-bond acceptors (Lipinski definition) is 3. The summed E-state index contributed by atoms with van der Waals surface area (Å²) in [4.78, 5) is 12.5. The van der Waals surface area contributed by atoms with Crippen LogP contribution >= 0.6 is 0 Å². The number of para-hydroxylation sites is 2. The Bertz CT molecular complexity index is 870. The van der Waals surface area contributed by atoms with Crippen LogP contribution in [-0.4, -0.2) is 18.6 Å². The highest BCUT2D eigenvalue weighted by Crippen LogP contribution is 2.27. The molecule has 1 atom stereocenters. The van der Waals surface area contributed by atoms with Crippen molar-refractivity contribution in [2.75, 3.05) is 11.9 Å². The predicted octanol–water partition coefficient (Wildman–Crippen LogP) is 4.64. The zero-order valence-corrected chi connectivity index (χ0v) is 14.4. The molecule has 4 nitrogen and oxygen atoms in total. The molecule has 3 rings (SSSR count). The van der Waals surface area contributed by atoms with E-state index in [1.54, 1.807) is 6.92 Å². The monoisotopic (exact) mass is 335 g/mol. The fourth-order valence-electron chi connectivity index (χ4n) is 2.63. The highest BCUT2D eigenvalue weighted by atomic mass is 16.5. The lowest BCUT2D eigenvalue weighted by Gasteiger charge is -2.17. The van der Waals surface area contributed by atoms with Gasteiger partial charge in [-0.05, 0) is 37.4 Å². The van der Waals surface area contributed by atoms with Gasteiger partial charge in [-0.1, -0.05) is 48.5 Å². The van der Waals surface area contributed by atoms with Gasteiger partial charge in [0.05, 0.1) is 12.3 Å². The van der Waals surface area contributed by atoms with Gasteiger partial charge in [0, 0.05) is 5.39 Å². The fourth-order valence-corrected chi connectivity index (χ4v) is 2.63. The number of nitrogens with one attached hydrogen (secondary N) is 1. The van der Waals surface area contributed by atoms with Gasteiger partial charge in [0.2, 0.25) is 0 Å². The Balaban J connectivity index is 1.75. The molecule has 0 aliphatic heterocycles. The fraction of sp³-hybridized carbons (Fsp3) is 0.190. The molecule has 0 unspecified atom stereocenters. The van der Waals surface area contributed by atoms with Crippen molar-refractivity contribution in [1.29, 1.82) is 0 Å². The molecule has 0 fully saturated rings. The first-order valence-electron chi connectivity index (χ1n) is 8.36. The van der Waals surface area contributed by atoms with Crippen LogP contribution in [0.3, 0.4) is 0 Å². The number of fused-ring (bicyclic) bond motifs is 1. The number of carbonyl (C=O) groups excluding carboxylic acids is 1. The van der Waals surface area contributed by atoms with Gasteiger partial charge in [0.25, 0.3) is 5.91 Å². The van der Waals surface area contributed by atoms with Gasteiger partial charge in [0.15, 0.2) is 6.10 Å². The first kappa shape index (κ1) is 16.8. The third-order valence-corrected chi connectivity index (χ3v) is 3.87. The second-order valence-corrected chi connectivity index (χ2v) is 5.66. The topological polar surface area (TPSA) is 47.6 Å². The lowest BCUT2D eigenvalue weighted by Crippen LogP contribution is -2.30. The number of ether oxygens (including phenoxy) is 2. The maximum absolute atomic E-state index is 12.5. The van der Waals surface area contributed by atoms with E-state index in [9.17, 15) is 4.79 Å². The number of benzene rings is 3. The minimum atomic E-state index is -0.638. The molecule has 0 heterocycles. The van der Waals surface area contributed by atoms with Crippen LogP contribution in [0.2, 0.25) is 0 Å². The highest BCUT2D eigenvalue weighted by Gasteiger charge is 2.17. The van der Waals surface area contributed by atoms with Crippen molar-refractivity contribution in [2.45, 2.75) is 20.0 Å². The highest BCUT2D eigenvalue weighted by molar-refractivity contribution is 5.96. The van der Waals surface area contributed by atoms with E-state index < -0.39 is 6.10 Å². The van der Waals surface area contributed by atoms with Crippen LogP contribution in [-0.2, 0) is 4.79 Å². The van der Waals surface area contributed by atoms with Crippen LogP contribution in [0, 0.1) is 0 Å². The Morgan fingerprint density at radius 2 is 1.64 bits per heavy atom. The Labute approximate surface area is 147 Å². The van der Waals surface area contributed by atoms with Crippen LogP contribution in [0.5, 0.6) is 11.5 Å². The minimum Gasteiger partial charge on any atom is -0.492 e. The summed E-state index contributed by atoms with van der Waals surface area (Å²) in [5, 5.41) is 4.94. The Kier molecular flexibility index (Phi) is 5.19. The lowest BCUT2D eigenvalue weighted by molar-refractivity contribution is -0.122. The van der Waals surface area contributed by atoms with Gasteiger partial charge < -0.3 is 14.8 Å². The molecule has 1 amide bonds. The van der Waals surface area contributed by atoms with E-state index in [0.717, 1.165) is 10.8 Å². The van der Waals surface area contributed by atoms with Gasteiger partial charge in [-0.3, -0.25) is 4.79 Å². The second-order valence-electron chi connectivity index (χ2n) is 5.66. The first-order chi connectivity index (χ1) is 12.2. The Morgan fingerprint density at radius 1 is 0.960 bits per heavy atom. The van der Waals surface area contributed by atoms with E-state index in [-0.39, 0.29) is 5.91 Å². The van der Waals surface area contributed by atoms with Gasteiger partial charge >= 0.3 is 0 Å². The van der Waals surface area contributed by atoms with Gasteiger partial charge in [-0.25, -0.2) is 0 Å². The SMILES string of the molecule is CCOc1ccccc1NC(=O)[C@@H](C)Oc1cccc2ccccc12. The van der Waals surface area contributed by atoms with E-state index in [1.807, 2.05) is 73.7 Å². The average Bonchev–Trinajstić information content (AvgIpc) is 2.64. The van der Waals surface area contributed by atoms with Crippen LogP contribution in [0.15, 0.2) is 66.7 Å². The molecule has 128 valence electrons. The summed E-state index contributed by atoms with van der Waals surface area (Å²) in [6, 6.07) is 21.1. The van der Waals surface area contributed by atoms with Gasteiger partial charge in [-0.2, -0.15) is 0 Å². The van der Waals surface area contributed by atoms with Crippen molar-refractivity contribution in [3.63, 3.8) is 0 Å². The average molecular weight is 335 g/mol. The zero-order valence-electron chi connectivity index (χ0n) is 14.4. The van der Waals surface area contributed by atoms with Gasteiger partial charge in [0.1, 0.15) is 11.5 Å². The molecule has 3 aromatic carbocycles. The van der Waals surface area contributed by atoms with Crippen molar-refractivity contribution in [2.24, 2.45) is 0 Å². The molecule has 0 saturated carbocycles. The first-order valence-corrected chi connectivity index (χ1v) is 8.36. The maximum Gasteiger partial charge on any atom is 0.265 e. The van der Waals surface area contributed by atoms with Crippen molar-refractivity contribution < 1.29 is 14.3 Å². The summed E-state index contributed by atoms with van der Waals surface area (Å²) < 4.78 is 11.4. The zero-order chi connectivity index (χ0) is 17.6. The maximum atomic E-state index is 12.5. The predicted molar refractivity (Wildman–Crippen MR) is 100 cm³/mol. The molecule has 4 heteroatoms. The van der Waals surface area contributed by atoms with E-state index in [1.165, 1.54) is 0 Å². The van der Waals surface area contributed by atoms with Crippen molar-refractivity contribution in [3.8, 4) is 11.5 Å². The summed E-state index contributed by atoms with van der Waals surface area (Å²) in [5.74, 6) is 1.12. The number of anilines is 1. The largest absolute Gasteiger partial charge is 0.492 e. The number of carbonyl (C=O) groups is 1. The molecule has 0 radical (unpaired) electrons. The minimum absolute atomic E-state index is 0.222. The molecule has 0 aromatic heterocycles. The van der Waals surface area contributed by atoms with Crippen LogP contribution in [0.1, 0.15) is 13.8 Å². The Morgan fingerprint density at radius 3 is 2.48 bits per heavy atom. The second kappa shape index (κ2) is 7.71. The van der Waals surface area contributed by atoms with Crippen LogP contribution in [0.4, 0.5) is 5.69 Å². The molecule has 25 heavy (non-hydrogen) atoms. The summed E-state index contributed by atoms with van der Waals surface area (Å²) in [6.45, 7) is 4.18. The summed E-state index contributed by atoms with van der Waals surface area (Å²) in [6.07, 6.45) is -0.638. The standard InChI is InChI=1S/C21H21NO3/c1-3-24-20-13-7-6-12-18(20)22-21(23)15(2)25-19-14-8-10-16-9-4-5-11-17(16)19/h4-15H,3H2,1-2H3,(H,22,23)/t15-/m1/s1. The van der Waals surface area contributed by atoms with Gasteiger partial charge in [-0.15, -0.1) is 0 Å². The molecular formula is C21H21NO3. The molecule has 0 aliphatic rings. The number of amides is 1. The number of hydrogen-bond donors (Lipinski definition) is 1. The molecule has 1 N–H and O–H groups in total.